The molecule has 0 fully saturated rings. The van der Waals surface area contributed by atoms with Crippen LogP contribution in [0.5, 0.6) is 0 Å². The molecule has 0 saturated carbocycles. The average molecular weight is 424 g/mol. The van der Waals surface area contributed by atoms with Gasteiger partial charge in [-0.15, -0.1) is 0 Å². The number of nitrogens with one attached hydrogen (secondary N) is 2. The average Bonchev–Trinajstić information content (AvgIpc) is 2.51. The molecule has 3 nitrogen and oxygen atoms in total. The van der Waals surface area contributed by atoms with Gasteiger partial charge < -0.3 is 10.6 Å². The highest BCUT2D eigenvalue weighted by atomic mass is 79.9. The molecule has 2 amide bonds. The number of halogens is 2. The number of urea groups is 1. The van der Waals surface area contributed by atoms with Crippen LogP contribution in [0.4, 0.5) is 4.79 Å². The van der Waals surface area contributed by atoms with Gasteiger partial charge in [-0.2, -0.15) is 0 Å². The molecule has 0 spiro atoms. The maximum absolute atomic E-state index is 11.7. The fourth-order valence-corrected chi connectivity index (χ4v) is 2.60. The fourth-order valence-electron chi connectivity index (χ4n) is 1.85. The standard InChI is InChI=1S/C17H16Br2N2O/c18-15-7-5-13(6-8-15)9-11-20-17(22)21-12-10-14-3-1-2-4-16(14)19/h1-9,11H,10,12H2,(H2,20,21,22)/b11-9+. The Labute approximate surface area is 147 Å². The molecule has 0 unspecified atom stereocenters. The molecule has 0 saturated heterocycles. The minimum atomic E-state index is -0.208. The molecule has 114 valence electrons. The van der Waals surface area contributed by atoms with E-state index in [4.69, 9.17) is 0 Å². The lowest BCUT2D eigenvalue weighted by Crippen LogP contribution is -2.33. The summed E-state index contributed by atoms with van der Waals surface area (Å²) in [5, 5.41) is 5.52. The first-order valence-corrected chi connectivity index (χ1v) is 8.43. The van der Waals surface area contributed by atoms with E-state index in [0.29, 0.717) is 6.54 Å². The van der Waals surface area contributed by atoms with Gasteiger partial charge in [-0.1, -0.05) is 62.2 Å². The summed E-state index contributed by atoms with van der Waals surface area (Å²) in [6.07, 6.45) is 4.27. The summed E-state index contributed by atoms with van der Waals surface area (Å²) in [4.78, 5) is 11.7. The van der Waals surface area contributed by atoms with Crippen molar-refractivity contribution in [2.75, 3.05) is 6.54 Å². The molecule has 2 N–H and O–H groups in total. The van der Waals surface area contributed by atoms with Crippen LogP contribution in [0.1, 0.15) is 11.1 Å². The SMILES string of the molecule is O=C(N/C=C/c1ccc(Br)cc1)NCCc1ccccc1Br. The first kappa shape index (κ1) is 16.8. The van der Waals surface area contributed by atoms with Crippen molar-refractivity contribution in [3.8, 4) is 0 Å². The van der Waals surface area contributed by atoms with Gasteiger partial charge in [-0.25, -0.2) is 4.79 Å². The van der Waals surface area contributed by atoms with Gasteiger partial charge in [-0.3, -0.25) is 0 Å². The summed E-state index contributed by atoms with van der Waals surface area (Å²) in [6, 6.07) is 15.6. The van der Waals surface area contributed by atoms with Gasteiger partial charge in [0, 0.05) is 21.7 Å². The summed E-state index contributed by atoms with van der Waals surface area (Å²) in [7, 11) is 0. The number of carbonyl (C=O) groups is 1. The molecule has 0 heterocycles. The highest BCUT2D eigenvalue weighted by Crippen LogP contribution is 2.15. The van der Waals surface area contributed by atoms with Gasteiger partial charge >= 0.3 is 6.03 Å². The number of hydrogen-bond donors (Lipinski definition) is 2. The summed E-state index contributed by atoms with van der Waals surface area (Å²) in [5.74, 6) is 0. The number of hydrogen-bond acceptors (Lipinski definition) is 1. The third kappa shape index (κ3) is 5.66. The lowest BCUT2D eigenvalue weighted by Gasteiger charge is -2.06. The third-order valence-electron chi connectivity index (χ3n) is 3.00. The zero-order chi connectivity index (χ0) is 15.8. The number of rotatable bonds is 5. The van der Waals surface area contributed by atoms with E-state index in [-0.39, 0.29) is 6.03 Å². The first-order chi connectivity index (χ1) is 10.6. The van der Waals surface area contributed by atoms with Crippen LogP contribution >= 0.6 is 31.9 Å². The lowest BCUT2D eigenvalue weighted by molar-refractivity contribution is 0.244. The highest BCUT2D eigenvalue weighted by molar-refractivity contribution is 9.10. The van der Waals surface area contributed by atoms with E-state index in [2.05, 4.69) is 42.5 Å². The smallest absolute Gasteiger partial charge is 0.318 e. The molecule has 2 aromatic rings. The maximum Gasteiger partial charge on any atom is 0.318 e. The van der Waals surface area contributed by atoms with E-state index in [9.17, 15) is 4.79 Å². The monoisotopic (exact) mass is 422 g/mol. The predicted octanol–water partition coefficient (Wildman–Crippen LogP) is 4.72. The second-order valence-electron chi connectivity index (χ2n) is 4.63. The van der Waals surface area contributed by atoms with E-state index in [1.807, 2.05) is 54.6 Å². The molecule has 0 aliphatic rings. The van der Waals surface area contributed by atoms with Crippen LogP contribution in [-0.2, 0) is 6.42 Å². The van der Waals surface area contributed by atoms with Gasteiger partial charge in [0.15, 0.2) is 0 Å². The molecule has 0 radical (unpaired) electrons. The lowest BCUT2D eigenvalue weighted by atomic mass is 10.1. The molecular formula is C17H16Br2N2O. The second kappa shape index (κ2) is 8.76. The van der Waals surface area contributed by atoms with Crippen LogP contribution in [0.3, 0.4) is 0 Å². The Bertz CT molecular complexity index is 654. The normalized spacial score (nSPS) is 10.6. The van der Waals surface area contributed by atoms with Crippen molar-refractivity contribution < 1.29 is 4.79 Å². The summed E-state index contributed by atoms with van der Waals surface area (Å²) >= 11 is 6.88. The van der Waals surface area contributed by atoms with E-state index >= 15 is 0 Å². The van der Waals surface area contributed by atoms with Crippen molar-refractivity contribution in [2.45, 2.75) is 6.42 Å². The molecule has 0 atom stereocenters. The van der Waals surface area contributed by atoms with E-state index in [1.54, 1.807) is 6.20 Å². The van der Waals surface area contributed by atoms with E-state index in [0.717, 1.165) is 20.9 Å². The van der Waals surface area contributed by atoms with Gasteiger partial charge in [0.05, 0.1) is 0 Å². The maximum atomic E-state index is 11.7. The van der Waals surface area contributed by atoms with Crippen molar-refractivity contribution in [3.05, 3.63) is 74.8 Å². The molecule has 22 heavy (non-hydrogen) atoms. The number of amides is 2. The zero-order valence-electron chi connectivity index (χ0n) is 11.9. The number of benzene rings is 2. The van der Waals surface area contributed by atoms with Crippen molar-refractivity contribution in [3.63, 3.8) is 0 Å². The Hall–Kier alpha value is -1.59. The quantitative estimate of drug-likeness (QED) is 0.717. The molecule has 0 aliphatic carbocycles. The Morgan fingerprint density at radius 2 is 1.77 bits per heavy atom. The Kier molecular flexibility index (Phi) is 6.68. The molecule has 2 aromatic carbocycles. The van der Waals surface area contributed by atoms with Crippen molar-refractivity contribution in [2.24, 2.45) is 0 Å². The minimum Gasteiger partial charge on any atom is -0.338 e. The summed E-state index contributed by atoms with van der Waals surface area (Å²) < 4.78 is 2.09. The van der Waals surface area contributed by atoms with E-state index < -0.39 is 0 Å². The fraction of sp³-hybridized carbons (Fsp3) is 0.118. The predicted molar refractivity (Wildman–Crippen MR) is 97.6 cm³/mol. The molecule has 0 aromatic heterocycles. The van der Waals surface area contributed by atoms with Crippen LogP contribution in [0.15, 0.2) is 63.7 Å². The molecule has 0 bridgehead atoms. The highest BCUT2D eigenvalue weighted by Gasteiger charge is 2.00. The zero-order valence-corrected chi connectivity index (χ0v) is 15.0. The largest absolute Gasteiger partial charge is 0.338 e. The third-order valence-corrected chi connectivity index (χ3v) is 4.30. The first-order valence-electron chi connectivity index (χ1n) is 6.85. The van der Waals surface area contributed by atoms with Crippen LogP contribution in [0.2, 0.25) is 0 Å². The van der Waals surface area contributed by atoms with Gasteiger partial charge in [0.2, 0.25) is 0 Å². The second-order valence-corrected chi connectivity index (χ2v) is 6.40. The van der Waals surface area contributed by atoms with Crippen molar-refractivity contribution in [1.82, 2.24) is 10.6 Å². The summed E-state index contributed by atoms with van der Waals surface area (Å²) in [6.45, 7) is 0.584. The van der Waals surface area contributed by atoms with Gasteiger partial charge in [0.25, 0.3) is 0 Å². The van der Waals surface area contributed by atoms with Crippen LogP contribution in [0, 0.1) is 0 Å². The Balaban J connectivity index is 1.72. The number of carbonyl (C=O) groups excluding carboxylic acids is 1. The Morgan fingerprint density at radius 3 is 2.50 bits per heavy atom. The molecular weight excluding hydrogens is 408 g/mol. The summed E-state index contributed by atoms with van der Waals surface area (Å²) in [5.41, 5.74) is 2.20. The molecule has 0 aliphatic heterocycles. The van der Waals surface area contributed by atoms with Crippen LogP contribution in [-0.4, -0.2) is 12.6 Å². The van der Waals surface area contributed by atoms with Gasteiger partial charge in [0.1, 0.15) is 0 Å². The van der Waals surface area contributed by atoms with E-state index in [1.165, 1.54) is 5.56 Å². The topological polar surface area (TPSA) is 41.1 Å². The van der Waals surface area contributed by atoms with Crippen molar-refractivity contribution in [1.29, 1.82) is 0 Å². The van der Waals surface area contributed by atoms with Gasteiger partial charge in [-0.05, 0) is 41.8 Å². The molecule has 5 heteroatoms. The Morgan fingerprint density at radius 1 is 1.05 bits per heavy atom. The molecule has 2 rings (SSSR count). The van der Waals surface area contributed by atoms with Crippen LogP contribution in [0.25, 0.3) is 6.08 Å². The van der Waals surface area contributed by atoms with Crippen LogP contribution < -0.4 is 10.6 Å². The minimum absolute atomic E-state index is 0.208. The van der Waals surface area contributed by atoms with Crippen molar-refractivity contribution >= 4 is 44.0 Å².